The minimum atomic E-state index is -4.63. The van der Waals surface area contributed by atoms with E-state index in [-0.39, 0.29) is 5.82 Å². The van der Waals surface area contributed by atoms with Crippen molar-refractivity contribution in [3.63, 3.8) is 0 Å². The number of thioether (sulfide) groups is 1. The van der Waals surface area contributed by atoms with Crippen molar-refractivity contribution in [2.45, 2.75) is 25.8 Å². The molecule has 2 aromatic rings. The minimum absolute atomic E-state index is 0.0828. The Kier molecular flexibility index (Phi) is 5.55. The molecular formula is C14H14BrF3N2OS. The fourth-order valence-electron chi connectivity index (χ4n) is 1.69. The van der Waals surface area contributed by atoms with E-state index >= 15 is 0 Å². The first kappa shape index (κ1) is 17.3. The lowest BCUT2D eigenvalue weighted by Gasteiger charge is -2.06. The standard InChI is InChI=1S/C14H14BrF3N2OS/c1-8(2)6-22-7-9-3-4-10(11(15)5-9)12-19-13(21-20-12)14(16,17)18/h3-5,8H,6-7H2,1-2H3. The summed E-state index contributed by atoms with van der Waals surface area (Å²) in [4.78, 5) is 3.39. The highest BCUT2D eigenvalue weighted by Crippen LogP contribution is 2.32. The molecule has 0 atom stereocenters. The van der Waals surface area contributed by atoms with Gasteiger partial charge in [0, 0.05) is 15.8 Å². The van der Waals surface area contributed by atoms with E-state index < -0.39 is 12.1 Å². The summed E-state index contributed by atoms with van der Waals surface area (Å²) in [5.74, 6) is 1.09. The molecule has 0 saturated heterocycles. The predicted octanol–water partition coefficient (Wildman–Crippen LogP) is 5.41. The topological polar surface area (TPSA) is 38.9 Å². The van der Waals surface area contributed by atoms with Crippen LogP contribution in [0.5, 0.6) is 0 Å². The fraction of sp³-hybridized carbons (Fsp3) is 0.429. The Morgan fingerprint density at radius 3 is 2.59 bits per heavy atom. The van der Waals surface area contributed by atoms with Crippen LogP contribution in [0.2, 0.25) is 0 Å². The second-order valence-electron chi connectivity index (χ2n) is 5.14. The Balaban J connectivity index is 2.14. The van der Waals surface area contributed by atoms with Crippen molar-refractivity contribution in [3.05, 3.63) is 34.1 Å². The highest BCUT2D eigenvalue weighted by molar-refractivity contribution is 9.10. The van der Waals surface area contributed by atoms with Gasteiger partial charge in [0.1, 0.15) is 0 Å². The van der Waals surface area contributed by atoms with Crippen LogP contribution >= 0.6 is 27.7 Å². The molecule has 1 aromatic carbocycles. The van der Waals surface area contributed by atoms with Gasteiger partial charge in [0.05, 0.1) is 0 Å². The van der Waals surface area contributed by atoms with Gasteiger partial charge in [0.15, 0.2) is 0 Å². The van der Waals surface area contributed by atoms with Crippen molar-refractivity contribution in [3.8, 4) is 11.4 Å². The Hall–Kier alpha value is -1.02. The lowest BCUT2D eigenvalue weighted by Crippen LogP contribution is -2.04. The second-order valence-corrected chi connectivity index (χ2v) is 7.03. The molecule has 0 saturated carbocycles. The lowest BCUT2D eigenvalue weighted by atomic mass is 10.1. The number of nitrogens with zero attached hydrogens (tertiary/aromatic N) is 2. The van der Waals surface area contributed by atoms with Gasteiger partial charge in [-0.05, 0) is 29.4 Å². The van der Waals surface area contributed by atoms with Crippen LogP contribution in [0, 0.1) is 5.92 Å². The van der Waals surface area contributed by atoms with E-state index in [2.05, 4.69) is 44.4 Å². The van der Waals surface area contributed by atoms with Crippen LogP contribution in [0.1, 0.15) is 25.3 Å². The molecule has 0 radical (unpaired) electrons. The van der Waals surface area contributed by atoms with Gasteiger partial charge in [-0.1, -0.05) is 41.0 Å². The number of aromatic nitrogens is 2. The average Bonchev–Trinajstić information content (AvgIpc) is 2.87. The summed E-state index contributed by atoms with van der Waals surface area (Å²) in [6.07, 6.45) is -4.63. The van der Waals surface area contributed by atoms with Crippen molar-refractivity contribution in [1.82, 2.24) is 10.1 Å². The molecule has 0 N–H and O–H groups in total. The first-order valence-corrected chi connectivity index (χ1v) is 8.49. The van der Waals surface area contributed by atoms with E-state index in [1.807, 2.05) is 23.9 Å². The smallest absolute Gasteiger partial charge is 0.329 e. The van der Waals surface area contributed by atoms with Gasteiger partial charge in [-0.3, -0.25) is 0 Å². The third kappa shape index (κ3) is 4.49. The highest BCUT2D eigenvalue weighted by Gasteiger charge is 2.38. The second kappa shape index (κ2) is 7.04. The number of rotatable bonds is 5. The Labute approximate surface area is 138 Å². The zero-order valence-corrected chi connectivity index (χ0v) is 14.3. The largest absolute Gasteiger partial charge is 0.471 e. The van der Waals surface area contributed by atoms with Crippen LogP contribution in [0.15, 0.2) is 27.2 Å². The molecule has 0 aliphatic heterocycles. The molecule has 0 aliphatic carbocycles. The molecule has 0 fully saturated rings. The normalized spacial score (nSPS) is 12.1. The molecule has 22 heavy (non-hydrogen) atoms. The third-order valence-corrected chi connectivity index (χ3v) is 4.76. The number of hydrogen-bond donors (Lipinski definition) is 0. The minimum Gasteiger partial charge on any atom is -0.329 e. The maximum atomic E-state index is 12.5. The predicted molar refractivity (Wildman–Crippen MR) is 83.4 cm³/mol. The SMILES string of the molecule is CC(C)CSCc1ccc(-c2noc(C(F)(F)F)n2)c(Br)c1. The van der Waals surface area contributed by atoms with Gasteiger partial charge in [0.25, 0.3) is 0 Å². The van der Waals surface area contributed by atoms with E-state index in [9.17, 15) is 13.2 Å². The van der Waals surface area contributed by atoms with Gasteiger partial charge in [-0.2, -0.15) is 29.9 Å². The van der Waals surface area contributed by atoms with Crippen LogP contribution in [0.3, 0.4) is 0 Å². The van der Waals surface area contributed by atoms with E-state index in [4.69, 9.17) is 0 Å². The molecule has 0 amide bonds. The maximum absolute atomic E-state index is 12.5. The summed E-state index contributed by atoms with van der Waals surface area (Å²) in [6.45, 7) is 4.31. The third-order valence-electron chi connectivity index (χ3n) is 2.66. The average molecular weight is 395 g/mol. The first-order valence-electron chi connectivity index (χ1n) is 6.55. The van der Waals surface area contributed by atoms with Gasteiger partial charge in [-0.25, -0.2) is 0 Å². The summed E-state index contributed by atoms with van der Waals surface area (Å²) in [7, 11) is 0. The molecule has 0 bridgehead atoms. The first-order chi connectivity index (χ1) is 10.3. The van der Waals surface area contributed by atoms with Gasteiger partial charge < -0.3 is 4.52 Å². The summed E-state index contributed by atoms with van der Waals surface area (Å²) in [5.41, 5.74) is 1.55. The van der Waals surface area contributed by atoms with Crippen LogP contribution in [-0.4, -0.2) is 15.9 Å². The monoisotopic (exact) mass is 394 g/mol. The van der Waals surface area contributed by atoms with Crippen LogP contribution < -0.4 is 0 Å². The van der Waals surface area contributed by atoms with Gasteiger partial charge in [-0.15, -0.1) is 0 Å². The summed E-state index contributed by atoms with van der Waals surface area (Å²) in [6, 6.07) is 5.42. The number of hydrogen-bond acceptors (Lipinski definition) is 4. The van der Waals surface area contributed by atoms with Crippen molar-refractivity contribution < 1.29 is 17.7 Å². The van der Waals surface area contributed by atoms with Crippen LogP contribution in [0.4, 0.5) is 13.2 Å². The van der Waals surface area contributed by atoms with E-state index in [0.717, 1.165) is 17.1 Å². The Morgan fingerprint density at radius 2 is 2.05 bits per heavy atom. The van der Waals surface area contributed by atoms with Crippen molar-refractivity contribution >= 4 is 27.7 Å². The lowest BCUT2D eigenvalue weighted by molar-refractivity contribution is -0.159. The molecule has 8 heteroatoms. The zero-order valence-electron chi connectivity index (χ0n) is 11.9. The maximum Gasteiger partial charge on any atom is 0.471 e. The highest BCUT2D eigenvalue weighted by atomic mass is 79.9. The van der Waals surface area contributed by atoms with E-state index in [0.29, 0.717) is 16.0 Å². The molecular weight excluding hydrogens is 381 g/mol. The molecule has 1 heterocycles. The quantitative estimate of drug-likeness (QED) is 0.679. The molecule has 0 aliphatic rings. The summed E-state index contributed by atoms with van der Waals surface area (Å²) >= 11 is 5.17. The molecule has 0 unspecified atom stereocenters. The molecule has 120 valence electrons. The summed E-state index contributed by atoms with van der Waals surface area (Å²) in [5, 5.41) is 3.39. The number of benzene rings is 1. The molecule has 0 spiro atoms. The van der Waals surface area contributed by atoms with E-state index in [1.165, 1.54) is 0 Å². The number of alkyl halides is 3. The summed E-state index contributed by atoms with van der Waals surface area (Å²) < 4.78 is 42.3. The van der Waals surface area contributed by atoms with Crippen LogP contribution in [0.25, 0.3) is 11.4 Å². The zero-order chi connectivity index (χ0) is 16.3. The van der Waals surface area contributed by atoms with Gasteiger partial charge in [0.2, 0.25) is 5.82 Å². The van der Waals surface area contributed by atoms with Crippen molar-refractivity contribution in [2.24, 2.45) is 5.92 Å². The molecule has 1 aromatic heterocycles. The Morgan fingerprint density at radius 1 is 1.32 bits per heavy atom. The molecule has 3 nitrogen and oxygen atoms in total. The number of halogens is 4. The van der Waals surface area contributed by atoms with E-state index in [1.54, 1.807) is 6.07 Å². The van der Waals surface area contributed by atoms with Crippen molar-refractivity contribution in [1.29, 1.82) is 0 Å². The molecule has 2 rings (SSSR count). The van der Waals surface area contributed by atoms with Gasteiger partial charge >= 0.3 is 12.1 Å². The van der Waals surface area contributed by atoms with Crippen molar-refractivity contribution in [2.75, 3.05) is 5.75 Å². The fourth-order valence-corrected chi connectivity index (χ4v) is 3.30. The van der Waals surface area contributed by atoms with Crippen LogP contribution in [-0.2, 0) is 11.9 Å². The Bertz CT molecular complexity index is 643.